The van der Waals surface area contributed by atoms with Crippen molar-refractivity contribution >= 4 is 40.0 Å². The Balaban J connectivity index is 1.53. The van der Waals surface area contributed by atoms with E-state index in [0.29, 0.717) is 10.8 Å². The van der Waals surface area contributed by atoms with Gasteiger partial charge in [-0.1, -0.05) is 18.2 Å². The number of amides is 4. The van der Waals surface area contributed by atoms with Gasteiger partial charge in [-0.3, -0.25) is 19.4 Å². The lowest BCUT2D eigenvalue weighted by Crippen LogP contribution is -2.33. The summed E-state index contributed by atoms with van der Waals surface area (Å²) in [4.78, 5) is 45.6. The molecule has 0 unspecified atom stereocenters. The predicted molar refractivity (Wildman–Crippen MR) is 97.1 cm³/mol. The second-order valence-corrected chi connectivity index (χ2v) is 7.27. The molecule has 7 nitrogen and oxygen atoms in total. The van der Waals surface area contributed by atoms with Gasteiger partial charge in [-0.2, -0.15) is 0 Å². The lowest BCUT2D eigenvalue weighted by Gasteiger charge is -2.18. The number of aromatic nitrogens is 1. The van der Waals surface area contributed by atoms with Crippen molar-refractivity contribution < 1.29 is 14.4 Å². The monoisotopic (exact) mass is 370 g/mol. The fraction of sp³-hybridized carbons (Fsp3) is 0.333. The van der Waals surface area contributed by atoms with Crippen LogP contribution in [0.3, 0.4) is 0 Å². The smallest absolute Gasteiger partial charge is 0.312 e. The van der Waals surface area contributed by atoms with Gasteiger partial charge >= 0.3 is 6.03 Å². The van der Waals surface area contributed by atoms with Gasteiger partial charge in [0.1, 0.15) is 6.54 Å². The molecular weight excluding hydrogens is 352 g/mol. The number of carbonyl (C=O) groups excluding carboxylic acids is 3. The SMILES string of the molecule is CC(=O)N(c1ccccc1)c1nc(CN2C(=O)CN(C3CC3)C2=O)cs1. The molecule has 0 atom stereocenters. The zero-order valence-corrected chi connectivity index (χ0v) is 15.1. The fourth-order valence-corrected chi connectivity index (χ4v) is 3.90. The molecule has 1 aliphatic carbocycles. The molecule has 2 aliphatic rings. The van der Waals surface area contributed by atoms with Crippen LogP contribution in [-0.4, -0.2) is 45.2 Å². The molecule has 2 fully saturated rings. The van der Waals surface area contributed by atoms with E-state index in [1.807, 2.05) is 30.3 Å². The first-order valence-electron chi connectivity index (χ1n) is 8.45. The van der Waals surface area contributed by atoms with Crippen LogP contribution in [0.5, 0.6) is 0 Å². The van der Waals surface area contributed by atoms with Crippen molar-refractivity contribution in [3.8, 4) is 0 Å². The zero-order valence-electron chi connectivity index (χ0n) is 14.3. The maximum absolute atomic E-state index is 12.4. The number of imide groups is 1. The molecule has 4 rings (SSSR count). The number of hydrogen-bond acceptors (Lipinski definition) is 5. The Morgan fingerprint density at radius 3 is 2.65 bits per heavy atom. The summed E-state index contributed by atoms with van der Waals surface area (Å²) in [5, 5.41) is 2.31. The number of anilines is 2. The highest BCUT2D eigenvalue weighted by molar-refractivity contribution is 7.14. The van der Waals surface area contributed by atoms with Gasteiger partial charge in [0, 0.05) is 18.3 Å². The van der Waals surface area contributed by atoms with Crippen LogP contribution in [0.25, 0.3) is 0 Å². The van der Waals surface area contributed by atoms with E-state index in [2.05, 4.69) is 4.98 Å². The largest absolute Gasteiger partial charge is 0.327 e. The summed E-state index contributed by atoms with van der Waals surface area (Å²) in [5.74, 6) is -0.340. The van der Waals surface area contributed by atoms with Crippen LogP contribution in [0, 0.1) is 0 Å². The number of hydrogen-bond donors (Lipinski definition) is 0. The molecule has 0 N–H and O–H groups in total. The Kier molecular flexibility index (Phi) is 4.20. The topological polar surface area (TPSA) is 73.8 Å². The molecule has 26 heavy (non-hydrogen) atoms. The first-order chi connectivity index (χ1) is 12.5. The van der Waals surface area contributed by atoms with E-state index in [-0.39, 0.29) is 37.0 Å². The second-order valence-electron chi connectivity index (χ2n) is 6.43. The molecular formula is C18H18N4O3S. The van der Waals surface area contributed by atoms with Crippen LogP contribution >= 0.6 is 11.3 Å². The number of carbonyl (C=O) groups is 3. The fourth-order valence-electron chi connectivity index (χ4n) is 3.03. The number of benzene rings is 1. The number of urea groups is 1. The molecule has 2 aromatic rings. The van der Waals surface area contributed by atoms with Crippen molar-refractivity contribution in [3.05, 3.63) is 41.4 Å². The first-order valence-corrected chi connectivity index (χ1v) is 9.33. The molecule has 2 heterocycles. The van der Waals surface area contributed by atoms with Crippen LogP contribution in [-0.2, 0) is 16.1 Å². The molecule has 0 radical (unpaired) electrons. The first kappa shape index (κ1) is 16.7. The van der Waals surface area contributed by atoms with E-state index < -0.39 is 0 Å². The number of thiazole rings is 1. The summed E-state index contributed by atoms with van der Waals surface area (Å²) in [6, 6.07) is 9.24. The van der Waals surface area contributed by atoms with Crippen molar-refractivity contribution in [2.45, 2.75) is 32.4 Å². The van der Waals surface area contributed by atoms with E-state index in [4.69, 9.17) is 0 Å². The highest BCUT2D eigenvalue weighted by Crippen LogP contribution is 2.32. The standard InChI is InChI=1S/C18H18N4O3S/c1-12(23)22(15-5-3-2-4-6-15)17-19-13(11-26-17)9-21-16(24)10-20(18(21)25)14-7-8-14/h2-6,11,14H,7-10H2,1H3. The minimum Gasteiger partial charge on any atom is -0.312 e. The Labute approximate surface area is 154 Å². The molecule has 0 spiro atoms. The summed E-state index contributed by atoms with van der Waals surface area (Å²) in [6.07, 6.45) is 1.94. The summed E-state index contributed by atoms with van der Waals surface area (Å²) >= 11 is 1.32. The van der Waals surface area contributed by atoms with Gasteiger partial charge in [-0.05, 0) is 25.0 Å². The van der Waals surface area contributed by atoms with Gasteiger partial charge in [0.15, 0.2) is 5.13 Å². The molecule has 1 aromatic carbocycles. The lowest BCUT2D eigenvalue weighted by molar-refractivity contribution is -0.125. The minimum atomic E-state index is -0.237. The molecule has 1 saturated heterocycles. The summed E-state index contributed by atoms with van der Waals surface area (Å²) in [5.41, 5.74) is 1.33. The molecule has 1 aliphatic heterocycles. The maximum atomic E-state index is 12.4. The van der Waals surface area contributed by atoms with Crippen LogP contribution in [0.15, 0.2) is 35.7 Å². The normalized spacial score (nSPS) is 17.1. The van der Waals surface area contributed by atoms with Gasteiger partial charge in [0.2, 0.25) is 5.91 Å². The number of rotatable bonds is 5. The van der Waals surface area contributed by atoms with Gasteiger partial charge in [0.25, 0.3) is 5.91 Å². The van der Waals surface area contributed by atoms with Gasteiger partial charge in [0.05, 0.1) is 17.9 Å². The van der Waals surface area contributed by atoms with E-state index in [1.165, 1.54) is 28.1 Å². The molecule has 4 amide bonds. The van der Waals surface area contributed by atoms with Crippen LogP contribution in [0.2, 0.25) is 0 Å². The average molecular weight is 370 g/mol. The Morgan fingerprint density at radius 2 is 2.00 bits per heavy atom. The van der Waals surface area contributed by atoms with Crippen LogP contribution in [0.4, 0.5) is 15.6 Å². The van der Waals surface area contributed by atoms with Gasteiger partial charge in [-0.25, -0.2) is 9.78 Å². The highest BCUT2D eigenvalue weighted by Gasteiger charge is 2.43. The zero-order chi connectivity index (χ0) is 18.3. The third-order valence-electron chi connectivity index (χ3n) is 4.45. The lowest BCUT2D eigenvalue weighted by atomic mass is 10.3. The second kappa shape index (κ2) is 6.53. The Bertz CT molecular complexity index is 862. The summed E-state index contributed by atoms with van der Waals surface area (Å²) in [6.45, 7) is 1.77. The van der Waals surface area contributed by atoms with Gasteiger partial charge in [-0.15, -0.1) is 11.3 Å². The Hall–Kier alpha value is -2.74. The third kappa shape index (κ3) is 3.08. The molecule has 1 aromatic heterocycles. The van der Waals surface area contributed by atoms with Crippen molar-refractivity contribution in [1.29, 1.82) is 0 Å². The molecule has 134 valence electrons. The molecule has 0 bridgehead atoms. The number of nitrogens with zero attached hydrogens (tertiary/aromatic N) is 4. The van der Waals surface area contributed by atoms with Crippen LogP contribution in [0.1, 0.15) is 25.5 Å². The van der Waals surface area contributed by atoms with E-state index in [1.54, 1.807) is 10.3 Å². The van der Waals surface area contributed by atoms with E-state index >= 15 is 0 Å². The van der Waals surface area contributed by atoms with Crippen molar-refractivity contribution in [1.82, 2.24) is 14.8 Å². The highest BCUT2D eigenvalue weighted by atomic mass is 32.1. The van der Waals surface area contributed by atoms with E-state index in [0.717, 1.165) is 18.5 Å². The van der Waals surface area contributed by atoms with Crippen molar-refractivity contribution in [2.24, 2.45) is 0 Å². The van der Waals surface area contributed by atoms with E-state index in [9.17, 15) is 14.4 Å². The number of para-hydroxylation sites is 1. The molecule has 8 heteroatoms. The van der Waals surface area contributed by atoms with Crippen molar-refractivity contribution in [3.63, 3.8) is 0 Å². The van der Waals surface area contributed by atoms with Crippen molar-refractivity contribution in [2.75, 3.05) is 11.4 Å². The van der Waals surface area contributed by atoms with Crippen LogP contribution < -0.4 is 4.90 Å². The summed E-state index contributed by atoms with van der Waals surface area (Å²) in [7, 11) is 0. The van der Waals surface area contributed by atoms with Gasteiger partial charge < -0.3 is 4.90 Å². The maximum Gasteiger partial charge on any atom is 0.327 e. The third-order valence-corrected chi connectivity index (χ3v) is 5.33. The summed E-state index contributed by atoms with van der Waals surface area (Å²) < 4.78 is 0. The predicted octanol–water partition coefficient (Wildman–Crippen LogP) is 2.75. The average Bonchev–Trinajstić information content (AvgIpc) is 3.30. The quantitative estimate of drug-likeness (QED) is 0.759. The Morgan fingerprint density at radius 1 is 1.27 bits per heavy atom. The molecule has 1 saturated carbocycles. The minimum absolute atomic E-state index is 0.137.